The van der Waals surface area contributed by atoms with Crippen molar-refractivity contribution in [2.45, 2.75) is 69.9 Å². The first-order valence-electron chi connectivity index (χ1n) is 15.5. The van der Waals surface area contributed by atoms with Crippen LogP contribution in [0.2, 0.25) is 0 Å². The van der Waals surface area contributed by atoms with Crippen LogP contribution in [0.5, 0.6) is 0 Å². The van der Waals surface area contributed by atoms with Gasteiger partial charge >= 0.3 is 0 Å². The molecule has 4 rings (SSSR count). The Morgan fingerprint density at radius 3 is 2.07 bits per heavy atom. The number of β-lactam (4-membered cyclic amide) rings is 1. The van der Waals surface area contributed by atoms with Gasteiger partial charge in [0.05, 0.1) is 24.3 Å². The lowest BCUT2D eigenvalue weighted by atomic mass is 9.78. The van der Waals surface area contributed by atoms with Crippen molar-refractivity contribution < 1.29 is 27.8 Å². The molecule has 7 nitrogen and oxygen atoms in total. The summed E-state index contributed by atoms with van der Waals surface area (Å²) in [5.41, 5.74) is 4.79. The van der Waals surface area contributed by atoms with Gasteiger partial charge in [-0.15, -0.1) is 0 Å². The fourth-order valence-electron chi connectivity index (χ4n) is 5.86. The molecule has 2 N–H and O–H groups in total. The Balaban J connectivity index is 1.45. The monoisotopic (exact) mass is 624 g/mol. The molecule has 0 aromatic heterocycles. The van der Waals surface area contributed by atoms with E-state index in [1.54, 1.807) is 19.2 Å². The number of aryl methyl sites for hydroxylation is 2. The van der Waals surface area contributed by atoms with E-state index in [9.17, 15) is 22.7 Å². The Morgan fingerprint density at radius 1 is 0.864 bits per heavy atom. The third kappa shape index (κ3) is 8.97. The zero-order valence-electron chi connectivity index (χ0n) is 25.7. The van der Waals surface area contributed by atoms with E-state index in [2.05, 4.69) is 24.3 Å². The Morgan fingerprint density at radius 2 is 1.45 bits per heavy atom. The molecule has 44 heavy (non-hydrogen) atoms. The van der Waals surface area contributed by atoms with Crippen molar-refractivity contribution in [2.75, 3.05) is 31.4 Å². The van der Waals surface area contributed by atoms with Crippen LogP contribution in [-0.4, -0.2) is 55.3 Å². The van der Waals surface area contributed by atoms with Crippen molar-refractivity contribution in [3.05, 3.63) is 101 Å². The number of aliphatic hydroxyl groups excluding tert-OH is 2. The van der Waals surface area contributed by atoms with E-state index in [1.807, 2.05) is 29.2 Å². The van der Waals surface area contributed by atoms with Crippen molar-refractivity contribution in [3.63, 3.8) is 0 Å². The molecule has 0 radical (unpaired) electrons. The fraction of sp³-hybridized carbons (Fsp3) is 0.457. The van der Waals surface area contributed by atoms with Crippen molar-refractivity contribution >= 4 is 21.6 Å². The SMILES string of the molecule is CN(CCCc1ccc(N2C(=O)[C@H](CC[C@H](O)c3ccc(F)cc3)[C@H]2c2ccc(CCCCCCO)cc2)cc1)S(C)(=O)=O. The van der Waals surface area contributed by atoms with Crippen LogP contribution in [0.25, 0.3) is 0 Å². The third-order valence-electron chi connectivity index (χ3n) is 8.63. The van der Waals surface area contributed by atoms with Crippen LogP contribution < -0.4 is 4.90 Å². The number of aliphatic hydroxyl groups is 2. The number of halogens is 1. The molecule has 0 unspecified atom stereocenters. The summed E-state index contributed by atoms with van der Waals surface area (Å²) in [6, 6.07) is 22.0. The normalized spacial score (nSPS) is 17.6. The molecule has 1 saturated heterocycles. The highest BCUT2D eigenvalue weighted by Gasteiger charge is 2.48. The van der Waals surface area contributed by atoms with Gasteiger partial charge in [0.15, 0.2) is 0 Å². The predicted octanol–water partition coefficient (Wildman–Crippen LogP) is 5.96. The van der Waals surface area contributed by atoms with Crippen LogP contribution in [0.3, 0.4) is 0 Å². The Kier molecular flexibility index (Phi) is 12.1. The van der Waals surface area contributed by atoms with E-state index in [4.69, 9.17) is 5.11 Å². The van der Waals surface area contributed by atoms with Gasteiger partial charge in [-0.05, 0) is 91.5 Å². The van der Waals surface area contributed by atoms with Gasteiger partial charge in [-0.3, -0.25) is 4.79 Å². The summed E-state index contributed by atoms with van der Waals surface area (Å²) >= 11 is 0. The molecule has 9 heteroatoms. The second kappa shape index (κ2) is 15.8. The van der Waals surface area contributed by atoms with Crippen LogP contribution in [0, 0.1) is 11.7 Å². The van der Waals surface area contributed by atoms with E-state index in [-0.39, 0.29) is 30.3 Å². The number of hydrogen-bond donors (Lipinski definition) is 2. The number of carbonyl (C=O) groups excluding carboxylic acids is 1. The lowest BCUT2D eigenvalue weighted by Gasteiger charge is -2.48. The number of amides is 1. The van der Waals surface area contributed by atoms with Gasteiger partial charge in [-0.2, -0.15) is 0 Å². The maximum absolute atomic E-state index is 13.6. The van der Waals surface area contributed by atoms with E-state index >= 15 is 0 Å². The second-order valence-electron chi connectivity index (χ2n) is 11.9. The number of sulfonamides is 1. The molecule has 0 saturated carbocycles. The summed E-state index contributed by atoms with van der Waals surface area (Å²) in [5, 5.41) is 19.8. The lowest BCUT2D eigenvalue weighted by molar-refractivity contribution is -0.131. The van der Waals surface area contributed by atoms with Gasteiger partial charge in [0.1, 0.15) is 5.82 Å². The molecular weight excluding hydrogens is 579 g/mol. The predicted molar refractivity (Wildman–Crippen MR) is 172 cm³/mol. The Bertz CT molecular complexity index is 1450. The van der Waals surface area contributed by atoms with Gasteiger partial charge in [0, 0.05) is 25.9 Å². The minimum atomic E-state index is -3.20. The molecule has 3 aromatic carbocycles. The van der Waals surface area contributed by atoms with E-state index in [0.717, 1.165) is 55.3 Å². The van der Waals surface area contributed by atoms with Crippen LogP contribution in [0.4, 0.5) is 10.1 Å². The van der Waals surface area contributed by atoms with Gasteiger partial charge in [0.2, 0.25) is 15.9 Å². The molecule has 1 aliphatic rings. The summed E-state index contributed by atoms with van der Waals surface area (Å²) < 4.78 is 38.0. The Labute approximate surface area is 261 Å². The standard InChI is InChI=1S/C35H45FN2O5S/c1-37(44(2,42)43)24-7-9-27-12-20-31(21-13-27)38-34(29-14-10-26(11-15-29)8-5-3-4-6-25-39)32(35(38)41)22-23-33(40)28-16-18-30(36)19-17-28/h10-21,32-34,39-40H,3-9,22-25H2,1-2H3/t32-,33+,34-/m1/s1. The van der Waals surface area contributed by atoms with Gasteiger partial charge < -0.3 is 15.1 Å². The molecule has 0 spiro atoms. The quantitative estimate of drug-likeness (QED) is 0.143. The number of nitrogens with zero attached hydrogens (tertiary/aromatic N) is 2. The molecule has 0 bridgehead atoms. The highest BCUT2D eigenvalue weighted by molar-refractivity contribution is 7.88. The summed E-state index contributed by atoms with van der Waals surface area (Å²) in [6.45, 7) is 0.677. The number of carbonyl (C=O) groups is 1. The van der Waals surface area contributed by atoms with Crippen LogP contribution in [0.15, 0.2) is 72.8 Å². The van der Waals surface area contributed by atoms with Gasteiger partial charge in [-0.1, -0.05) is 61.4 Å². The number of unbranched alkanes of at least 4 members (excludes halogenated alkanes) is 3. The second-order valence-corrected chi connectivity index (χ2v) is 14.0. The number of benzene rings is 3. The molecular formula is C35H45FN2O5S. The summed E-state index contributed by atoms with van der Waals surface area (Å²) in [4.78, 5) is 15.4. The maximum Gasteiger partial charge on any atom is 0.233 e. The van der Waals surface area contributed by atoms with Crippen molar-refractivity contribution in [3.8, 4) is 0 Å². The number of rotatable bonds is 17. The fourth-order valence-corrected chi connectivity index (χ4v) is 6.32. The van der Waals surface area contributed by atoms with Crippen molar-refractivity contribution in [1.82, 2.24) is 4.31 Å². The van der Waals surface area contributed by atoms with Crippen LogP contribution >= 0.6 is 0 Å². The largest absolute Gasteiger partial charge is 0.396 e. The van der Waals surface area contributed by atoms with E-state index in [0.29, 0.717) is 31.4 Å². The van der Waals surface area contributed by atoms with Gasteiger partial charge in [-0.25, -0.2) is 17.1 Å². The molecule has 1 fully saturated rings. The van der Waals surface area contributed by atoms with E-state index < -0.39 is 16.1 Å². The highest BCUT2D eigenvalue weighted by Crippen LogP contribution is 2.46. The highest BCUT2D eigenvalue weighted by atomic mass is 32.2. The summed E-state index contributed by atoms with van der Waals surface area (Å²) in [6.07, 6.45) is 7.69. The average Bonchev–Trinajstić information content (AvgIpc) is 3.00. The number of anilines is 1. The Hall–Kier alpha value is -3.11. The smallest absolute Gasteiger partial charge is 0.233 e. The lowest BCUT2D eigenvalue weighted by Crippen LogP contribution is -2.55. The molecule has 1 amide bonds. The molecule has 1 heterocycles. The summed E-state index contributed by atoms with van der Waals surface area (Å²) in [7, 11) is -1.63. The van der Waals surface area contributed by atoms with E-state index in [1.165, 1.54) is 28.3 Å². The first-order chi connectivity index (χ1) is 21.1. The minimum absolute atomic E-state index is 0.0109. The maximum atomic E-state index is 13.6. The molecule has 3 atom stereocenters. The summed E-state index contributed by atoms with van der Waals surface area (Å²) in [5.74, 6) is -0.635. The molecule has 1 aliphatic heterocycles. The number of hydrogen-bond acceptors (Lipinski definition) is 5. The average molecular weight is 625 g/mol. The van der Waals surface area contributed by atoms with Crippen molar-refractivity contribution in [2.24, 2.45) is 5.92 Å². The molecule has 3 aromatic rings. The first kappa shape index (κ1) is 33.8. The molecule has 0 aliphatic carbocycles. The third-order valence-corrected chi connectivity index (χ3v) is 9.95. The topological polar surface area (TPSA) is 98.2 Å². The zero-order valence-corrected chi connectivity index (χ0v) is 26.6. The minimum Gasteiger partial charge on any atom is -0.396 e. The molecule has 238 valence electrons. The van der Waals surface area contributed by atoms with Crippen molar-refractivity contribution in [1.29, 1.82) is 0 Å². The van der Waals surface area contributed by atoms with Crippen LogP contribution in [0.1, 0.15) is 79.3 Å². The van der Waals surface area contributed by atoms with Gasteiger partial charge in [0.25, 0.3) is 0 Å². The van der Waals surface area contributed by atoms with Crippen LogP contribution in [-0.2, 0) is 27.7 Å². The first-order valence-corrected chi connectivity index (χ1v) is 17.4. The zero-order chi connectivity index (χ0) is 31.7.